The van der Waals surface area contributed by atoms with Gasteiger partial charge in [0.05, 0.1) is 30.6 Å². The van der Waals surface area contributed by atoms with Gasteiger partial charge in [-0.25, -0.2) is 4.98 Å². The fraction of sp³-hybridized carbons (Fsp3) is 0.636. The average molecular weight is 208 g/mol. The van der Waals surface area contributed by atoms with Crippen LogP contribution in [0.1, 0.15) is 37.4 Å². The summed E-state index contributed by atoms with van der Waals surface area (Å²) < 4.78 is 11.1. The zero-order valence-corrected chi connectivity index (χ0v) is 9.41. The van der Waals surface area contributed by atoms with Crippen molar-refractivity contribution in [2.75, 3.05) is 0 Å². The fourth-order valence-corrected chi connectivity index (χ4v) is 1.51. The highest BCUT2D eigenvalue weighted by Crippen LogP contribution is 2.27. The van der Waals surface area contributed by atoms with Crippen LogP contribution in [-0.2, 0) is 18.0 Å². The molecule has 1 aliphatic heterocycles. The minimum Gasteiger partial charge on any atom is -0.474 e. The molecule has 4 nitrogen and oxygen atoms in total. The highest BCUT2D eigenvalue weighted by Gasteiger charge is 2.20. The summed E-state index contributed by atoms with van der Waals surface area (Å²) in [5, 5.41) is 0. The normalized spacial score (nSPS) is 16.2. The first-order chi connectivity index (χ1) is 7.20. The summed E-state index contributed by atoms with van der Waals surface area (Å²) in [6.07, 6.45) is 1.16. The molecule has 0 aromatic carbocycles. The molecule has 82 valence electrons. The van der Waals surface area contributed by atoms with Gasteiger partial charge in [0.25, 0.3) is 0 Å². The number of rotatable bonds is 3. The second-order valence-electron chi connectivity index (χ2n) is 3.83. The monoisotopic (exact) mass is 208 g/mol. The molecule has 2 heterocycles. The van der Waals surface area contributed by atoms with Gasteiger partial charge in [-0.1, -0.05) is 6.92 Å². The van der Waals surface area contributed by atoms with E-state index < -0.39 is 0 Å². The molecule has 0 bridgehead atoms. The molecule has 0 N–H and O–H groups in total. The predicted molar refractivity (Wildman–Crippen MR) is 55.6 cm³/mol. The third kappa shape index (κ3) is 2.09. The van der Waals surface area contributed by atoms with Gasteiger partial charge < -0.3 is 9.47 Å². The Hall–Kier alpha value is -1.16. The lowest BCUT2D eigenvalue weighted by Crippen LogP contribution is -2.13. The Bertz CT molecular complexity index is 366. The summed E-state index contributed by atoms with van der Waals surface area (Å²) >= 11 is 0. The van der Waals surface area contributed by atoms with E-state index in [1.807, 2.05) is 13.8 Å². The number of aromatic nitrogens is 2. The second kappa shape index (κ2) is 4.14. The van der Waals surface area contributed by atoms with E-state index in [-0.39, 0.29) is 6.10 Å². The predicted octanol–water partition coefficient (Wildman–Crippen LogP) is 1.99. The van der Waals surface area contributed by atoms with Crippen molar-refractivity contribution in [2.45, 2.75) is 46.5 Å². The molecule has 1 atom stereocenters. The lowest BCUT2D eigenvalue weighted by molar-refractivity contribution is 0.130. The van der Waals surface area contributed by atoms with E-state index in [0.717, 1.165) is 23.5 Å². The fourth-order valence-electron chi connectivity index (χ4n) is 1.51. The van der Waals surface area contributed by atoms with Crippen molar-refractivity contribution in [2.24, 2.45) is 0 Å². The minimum atomic E-state index is 0.184. The first-order valence-electron chi connectivity index (χ1n) is 5.31. The number of hydrogen-bond acceptors (Lipinski definition) is 4. The maximum Gasteiger partial charge on any atom is 0.222 e. The molecular formula is C11H16N2O2. The van der Waals surface area contributed by atoms with Crippen molar-refractivity contribution in [3.8, 4) is 5.88 Å². The third-order valence-corrected chi connectivity index (χ3v) is 2.54. The molecule has 1 unspecified atom stereocenters. The van der Waals surface area contributed by atoms with Crippen LogP contribution in [0.2, 0.25) is 0 Å². The van der Waals surface area contributed by atoms with Crippen molar-refractivity contribution in [1.82, 2.24) is 9.97 Å². The van der Waals surface area contributed by atoms with Crippen LogP contribution in [-0.4, -0.2) is 16.1 Å². The molecule has 4 heteroatoms. The largest absolute Gasteiger partial charge is 0.474 e. The first kappa shape index (κ1) is 10.4. The van der Waals surface area contributed by atoms with E-state index in [1.54, 1.807) is 0 Å². The second-order valence-corrected chi connectivity index (χ2v) is 3.83. The highest BCUT2D eigenvalue weighted by atomic mass is 16.5. The van der Waals surface area contributed by atoms with Gasteiger partial charge in [0.15, 0.2) is 0 Å². The molecule has 1 aromatic rings. The zero-order valence-electron chi connectivity index (χ0n) is 9.41. The van der Waals surface area contributed by atoms with Crippen molar-refractivity contribution < 1.29 is 9.47 Å². The molecule has 0 saturated heterocycles. The number of nitrogens with zero attached hydrogens (tertiary/aromatic N) is 2. The van der Waals surface area contributed by atoms with Crippen LogP contribution in [0.5, 0.6) is 5.88 Å². The standard InChI is InChI=1S/C11H16N2O2/c1-4-7(2)15-11-9-5-14-6-10(9)12-8(3)13-11/h7H,4-6H2,1-3H3. The quantitative estimate of drug-likeness (QED) is 0.762. The summed E-state index contributed by atoms with van der Waals surface area (Å²) in [6.45, 7) is 7.16. The Kier molecular flexibility index (Phi) is 2.86. The summed E-state index contributed by atoms with van der Waals surface area (Å²) in [5.41, 5.74) is 1.99. The van der Waals surface area contributed by atoms with Gasteiger partial charge in [-0.3, -0.25) is 0 Å². The van der Waals surface area contributed by atoms with Crippen LogP contribution in [0.3, 0.4) is 0 Å². The molecule has 0 radical (unpaired) electrons. The molecule has 0 fully saturated rings. The van der Waals surface area contributed by atoms with E-state index in [9.17, 15) is 0 Å². The van der Waals surface area contributed by atoms with E-state index in [2.05, 4.69) is 16.9 Å². The van der Waals surface area contributed by atoms with Crippen molar-refractivity contribution in [1.29, 1.82) is 0 Å². The van der Waals surface area contributed by atoms with Crippen LogP contribution in [0, 0.1) is 6.92 Å². The molecule has 15 heavy (non-hydrogen) atoms. The minimum absolute atomic E-state index is 0.184. The van der Waals surface area contributed by atoms with Crippen LogP contribution >= 0.6 is 0 Å². The molecular weight excluding hydrogens is 192 g/mol. The maximum atomic E-state index is 5.76. The maximum absolute atomic E-state index is 5.76. The molecule has 0 amide bonds. The Morgan fingerprint density at radius 2 is 2.20 bits per heavy atom. The topological polar surface area (TPSA) is 44.2 Å². The van der Waals surface area contributed by atoms with E-state index in [0.29, 0.717) is 19.1 Å². The van der Waals surface area contributed by atoms with Gasteiger partial charge in [0.1, 0.15) is 5.82 Å². The van der Waals surface area contributed by atoms with Gasteiger partial charge in [-0.15, -0.1) is 0 Å². The molecule has 0 spiro atoms. The van der Waals surface area contributed by atoms with Crippen molar-refractivity contribution in [3.05, 3.63) is 17.1 Å². The van der Waals surface area contributed by atoms with Gasteiger partial charge >= 0.3 is 0 Å². The van der Waals surface area contributed by atoms with Gasteiger partial charge in [-0.2, -0.15) is 4.98 Å². The molecule has 1 aromatic heterocycles. The highest BCUT2D eigenvalue weighted by molar-refractivity contribution is 5.32. The van der Waals surface area contributed by atoms with Gasteiger partial charge in [-0.05, 0) is 20.3 Å². The van der Waals surface area contributed by atoms with Crippen LogP contribution in [0.4, 0.5) is 0 Å². The summed E-state index contributed by atoms with van der Waals surface area (Å²) in [7, 11) is 0. The van der Waals surface area contributed by atoms with Crippen LogP contribution in [0.25, 0.3) is 0 Å². The molecule has 0 saturated carbocycles. The van der Waals surface area contributed by atoms with E-state index >= 15 is 0 Å². The van der Waals surface area contributed by atoms with Gasteiger partial charge in [0.2, 0.25) is 5.88 Å². The number of hydrogen-bond donors (Lipinski definition) is 0. The number of aryl methyl sites for hydroxylation is 1. The van der Waals surface area contributed by atoms with Crippen LogP contribution in [0.15, 0.2) is 0 Å². The summed E-state index contributed by atoms with van der Waals surface area (Å²) in [5.74, 6) is 1.45. The van der Waals surface area contributed by atoms with E-state index in [1.165, 1.54) is 0 Å². The summed E-state index contributed by atoms with van der Waals surface area (Å²) in [4.78, 5) is 8.65. The molecule has 2 rings (SSSR count). The molecule has 0 aliphatic carbocycles. The Labute approximate surface area is 89.6 Å². The van der Waals surface area contributed by atoms with E-state index in [4.69, 9.17) is 9.47 Å². The Morgan fingerprint density at radius 1 is 1.40 bits per heavy atom. The third-order valence-electron chi connectivity index (χ3n) is 2.54. The number of ether oxygens (including phenoxy) is 2. The van der Waals surface area contributed by atoms with Crippen molar-refractivity contribution >= 4 is 0 Å². The Morgan fingerprint density at radius 3 is 2.93 bits per heavy atom. The lowest BCUT2D eigenvalue weighted by Gasteiger charge is -2.14. The number of fused-ring (bicyclic) bond motifs is 1. The average Bonchev–Trinajstić information content (AvgIpc) is 2.65. The van der Waals surface area contributed by atoms with Crippen molar-refractivity contribution in [3.63, 3.8) is 0 Å². The zero-order chi connectivity index (χ0) is 10.8. The summed E-state index contributed by atoms with van der Waals surface area (Å²) in [6, 6.07) is 0. The first-order valence-corrected chi connectivity index (χ1v) is 5.31. The van der Waals surface area contributed by atoms with Gasteiger partial charge in [0, 0.05) is 0 Å². The lowest BCUT2D eigenvalue weighted by atomic mass is 10.2. The Balaban J connectivity index is 2.30. The smallest absolute Gasteiger partial charge is 0.222 e. The molecule has 1 aliphatic rings. The van der Waals surface area contributed by atoms with Crippen LogP contribution < -0.4 is 4.74 Å². The SMILES string of the molecule is CCC(C)Oc1nc(C)nc2c1COC2.